The van der Waals surface area contributed by atoms with Crippen molar-refractivity contribution in [1.82, 2.24) is 19.5 Å². The molecule has 0 radical (unpaired) electrons. The number of hydrogen-bond donors (Lipinski definition) is 0. The smallest absolute Gasteiger partial charge is 0.225 e. The van der Waals surface area contributed by atoms with Gasteiger partial charge in [0.15, 0.2) is 10.8 Å². The molecule has 3 aromatic rings. The van der Waals surface area contributed by atoms with Gasteiger partial charge in [0.25, 0.3) is 0 Å². The molecule has 0 saturated carbocycles. The zero-order chi connectivity index (χ0) is 13.7. The zero-order valence-electron chi connectivity index (χ0n) is 10.4. The summed E-state index contributed by atoms with van der Waals surface area (Å²) in [5.74, 6) is 0. The van der Waals surface area contributed by atoms with E-state index in [-0.39, 0.29) is 5.28 Å². The summed E-state index contributed by atoms with van der Waals surface area (Å²) in [4.78, 5) is 12.5. The van der Waals surface area contributed by atoms with E-state index in [1.807, 2.05) is 0 Å². The Morgan fingerprint density at radius 3 is 2.45 bits per heavy atom. The van der Waals surface area contributed by atoms with Crippen LogP contribution in [0.15, 0.2) is 30.6 Å². The maximum atomic E-state index is 6.06. The number of fused-ring (bicyclic) bond motifs is 2. The molecule has 4 nitrogen and oxygen atoms in total. The predicted octanol–water partition coefficient (Wildman–Crippen LogP) is 3.47. The van der Waals surface area contributed by atoms with Crippen LogP contribution in [0.2, 0.25) is 10.4 Å². The van der Waals surface area contributed by atoms with Crippen molar-refractivity contribution in [2.75, 3.05) is 0 Å². The topological polar surface area (TPSA) is 43.6 Å². The van der Waals surface area contributed by atoms with E-state index in [9.17, 15) is 0 Å². The lowest BCUT2D eigenvalue weighted by molar-refractivity contribution is 0.539. The van der Waals surface area contributed by atoms with Crippen LogP contribution in [0.1, 0.15) is 17.2 Å². The summed E-state index contributed by atoms with van der Waals surface area (Å²) in [6.45, 7) is 0. The second-order valence-electron chi connectivity index (χ2n) is 4.94. The molecule has 0 bridgehead atoms. The van der Waals surface area contributed by atoms with Gasteiger partial charge in [-0.1, -0.05) is 35.9 Å². The standard InChI is InChI=1S/C14H10Cl2N4/c15-12-11-13(19-14(16)18-12)20(7-17-11)10-5-8-3-1-2-4-9(8)6-10/h1-4,7,10H,5-6H2. The van der Waals surface area contributed by atoms with E-state index >= 15 is 0 Å². The highest BCUT2D eigenvalue weighted by Gasteiger charge is 2.25. The summed E-state index contributed by atoms with van der Waals surface area (Å²) in [5, 5.41) is 0.453. The molecule has 0 saturated heterocycles. The molecule has 0 N–H and O–H groups in total. The van der Waals surface area contributed by atoms with E-state index in [0.29, 0.717) is 22.4 Å². The monoisotopic (exact) mass is 304 g/mol. The van der Waals surface area contributed by atoms with Crippen molar-refractivity contribution in [3.05, 3.63) is 52.2 Å². The number of imidazole rings is 1. The van der Waals surface area contributed by atoms with Gasteiger partial charge < -0.3 is 4.57 Å². The minimum Gasteiger partial charge on any atom is -0.311 e. The SMILES string of the molecule is Clc1nc(Cl)c2ncn(C3Cc4ccccc4C3)c2n1. The van der Waals surface area contributed by atoms with Gasteiger partial charge in [-0.05, 0) is 35.6 Å². The van der Waals surface area contributed by atoms with Gasteiger partial charge in [-0.2, -0.15) is 4.98 Å². The molecule has 2 heterocycles. The Balaban J connectivity index is 1.81. The van der Waals surface area contributed by atoms with Crippen molar-refractivity contribution in [2.45, 2.75) is 18.9 Å². The van der Waals surface area contributed by atoms with Gasteiger partial charge >= 0.3 is 0 Å². The van der Waals surface area contributed by atoms with Gasteiger partial charge in [-0.25, -0.2) is 9.97 Å². The first-order valence-electron chi connectivity index (χ1n) is 6.35. The van der Waals surface area contributed by atoms with Gasteiger partial charge in [0.2, 0.25) is 5.28 Å². The van der Waals surface area contributed by atoms with Crippen LogP contribution in [0.3, 0.4) is 0 Å². The summed E-state index contributed by atoms with van der Waals surface area (Å²) in [6, 6.07) is 8.79. The molecule has 1 aromatic carbocycles. The summed E-state index contributed by atoms with van der Waals surface area (Å²) in [6.07, 6.45) is 3.72. The molecular formula is C14H10Cl2N4. The molecule has 0 amide bonds. The molecule has 20 heavy (non-hydrogen) atoms. The Kier molecular flexibility index (Phi) is 2.69. The lowest BCUT2D eigenvalue weighted by Crippen LogP contribution is -2.08. The van der Waals surface area contributed by atoms with Crippen molar-refractivity contribution in [1.29, 1.82) is 0 Å². The van der Waals surface area contributed by atoms with E-state index in [2.05, 4.69) is 43.8 Å². The fourth-order valence-electron chi connectivity index (χ4n) is 2.86. The molecule has 0 spiro atoms. The zero-order valence-corrected chi connectivity index (χ0v) is 11.9. The van der Waals surface area contributed by atoms with Crippen molar-refractivity contribution >= 4 is 34.4 Å². The predicted molar refractivity (Wildman–Crippen MR) is 78.2 cm³/mol. The fraction of sp³-hybridized carbons (Fsp3) is 0.214. The summed E-state index contributed by atoms with van der Waals surface area (Å²) < 4.78 is 2.05. The number of hydrogen-bond acceptors (Lipinski definition) is 3. The third-order valence-corrected chi connectivity index (χ3v) is 4.21. The summed E-state index contributed by atoms with van der Waals surface area (Å²) >= 11 is 12.0. The van der Waals surface area contributed by atoms with E-state index < -0.39 is 0 Å². The Hall–Kier alpha value is -1.65. The highest BCUT2D eigenvalue weighted by Crippen LogP contribution is 2.32. The summed E-state index contributed by atoms with van der Waals surface area (Å²) in [5.41, 5.74) is 4.07. The third-order valence-electron chi connectivity index (χ3n) is 3.77. The second-order valence-corrected chi connectivity index (χ2v) is 5.63. The number of halogens is 2. The fourth-order valence-corrected chi connectivity index (χ4v) is 3.28. The van der Waals surface area contributed by atoms with Gasteiger partial charge in [0, 0.05) is 6.04 Å². The molecule has 6 heteroatoms. The Morgan fingerprint density at radius 1 is 1.05 bits per heavy atom. The molecule has 0 aliphatic heterocycles. The normalized spacial score (nSPS) is 14.9. The summed E-state index contributed by atoms with van der Waals surface area (Å²) in [7, 11) is 0. The molecular weight excluding hydrogens is 295 g/mol. The highest BCUT2D eigenvalue weighted by atomic mass is 35.5. The van der Waals surface area contributed by atoms with E-state index in [0.717, 1.165) is 12.8 Å². The van der Waals surface area contributed by atoms with Crippen LogP contribution in [0.4, 0.5) is 0 Å². The Labute approximate surface area is 125 Å². The Bertz CT molecular complexity index is 787. The number of rotatable bonds is 1. The van der Waals surface area contributed by atoms with Crippen molar-refractivity contribution in [2.24, 2.45) is 0 Å². The second kappa shape index (κ2) is 4.43. The van der Waals surface area contributed by atoms with Crippen LogP contribution in [0.5, 0.6) is 0 Å². The van der Waals surface area contributed by atoms with Crippen molar-refractivity contribution in [3.63, 3.8) is 0 Å². The number of benzene rings is 1. The molecule has 1 aliphatic rings. The Morgan fingerprint density at radius 2 is 1.75 bits per heavy atom. The number of nitrogens with zero attached hydrogens (tertiary/aromatic N) is 4. The average molecular weight is 305 g/mol. The molecule has 1 aliphatic carbocycles. The van der Waals surface area contributed by atoms with Crippen LogP contribution in [-0.4, -0.2) is 19.5 Å². The van der Waals surface area contributed by atoms with Crippen LogP contribution < -0.4 is 0 Å². The van der Waals surface area contributed by atoms with E-state index in [1.165, 1.54) is 11.1 Å². The molecule has 2 aromatic heterocycles. The molecule has 0 unspecified atom stereocenters. The first-order valence-corrected chi connectivity index (χ1v) is 7.10. The lowest BCUT2D eigenvalue weighted by atomic mass is 10.1. The van der Waals surface area contributed by atoms with Gasteiger partial charge in [-0.15, -0.1) is 0 Å². The lowest BCUT2D eigenvalue weighted by Gasteiger charge is -2.11. The molecule has 4 rings (SSSR count). The van der Waals surface area contributed by atoms with Crippen molar-refractivity contribution < 1.29 is 0 Å². The first-order chi connectivity index (χ1) is 9.72. The van der Waals surface area contributed by atoms with Crippen LogP contribution in [-0.2, 0) is 12.8 Å². The quantitative estimate of drug-likeness (QED) is 0.511. The maximum absolute atomic E-state index is 6.06. The third kappa shape index (κ3) is 1.79. The van der Waals surface area contributed by atoms with Gasteiger partial charge in [0.1, 0.15) is 5.52 Å². The maximum Gasteiger partial charge on any atom is 0.225 e. The molecule has 0 atom stereocenters. The van der Waals surface area contributed by atoms with Crippen LogP contribution in [0, 0.1) is 0 Å². The first kappa shape index (κ1) is 12.1. The molecule has 0 fully saturated rings. The van der Waals surface area contributed by atoms with E-state index in [4.69, 9.17) is 23.2 Å². The highest BCUT2D eigenvalue weighted by molar-refractivity contribution is 6.35. The minimum atomic E-state index is 0.153. The minimum absolute atomic E-state index is 0.153. The average Bonchev–Trinajstić information content (AvgIpc) is 3.00. The van der Waals surface area contributed by atoms with Crippen molar-refractivity contribution in [3.8, 4) is 0 Å². The van der Waals surface area contributed by atoms with E-state index in [1.54, 1.807) is 6.33 Å². The van der Waals surface area contributed by atoms with Gasteiger partial charge in [0.05, 0.1) is 6.33 Å². The largest absolute Gasteiger partial charge is 0.311 e. The van der Waals surface area contributed by atoms with Gasteiger partial charge in [-0.3, -0.25) is 0 Å². The molecule has 100 valence electrons. The van der Waals surface area contributed by atoms with Crippen LogP contribution in [0.25, 0.3) is 11.2 Å². The number of aromatic nitrogens is 4. The van der Waals surface area contributed by atoms with Crippen LogP contribution >= 0.6 is 23.2 Å².